The van der Waals surface area contributed by atoms with Gasteiger partial charge in [0.15, 0.2) is 9.84 Å². The summed E-state index contributed by atoms with van der Waals surface area (Å²) in [5.74, 6) is 0.0212. The monoisotopic (exact) mass is 708 g/mol. The first-order valence-electron chi connectivity index (χ1n) is 15.4. The Hall–Kier alpha value is -3.38. The number of sulfonamides is 1. The van der Waals surface area contributed by atoms with Gasteiger partial charge in [-0.3, -0.25) is 0 Å². The summed E-state index contributed by atoms with van der Waals surface area (Å²) in [6, 6.07) is 11.8. The third kappa shape index (κ3) is 8.20. The molecule has 6 rings (SSSR count). The molecule has 2 aliphatic heterocycles. The van der Waals surface area contributed by atoms with E-state index in [1.54, 1.807) is 66.8 Å². The molecule has 2 aromatic carbocycles. The van der Waals surface area contributed by atoms with Crippen molar-refractivity contribution >= 4 is 60.0 Å². The quantitative estimate of drug-likeness (QED) is 0.121. The molecule has 47 heavy (non-hydrogen) atoms. The Morgan fingerprint density at radius 3 is 2.68 bits per heavy atom. The lowest BCUT2D eigenvalue weighted by atomic mass is 9.92. The summed E-state index contributed by atoms with van der Waals surface area (Å²) in [5.41, 5.74) is 7.50. The molecule has 4 aromatic rings. The average molecular weight is 709 g/mol. The molecule has 0 bridgehead atoms. The number of sulfone groups is 1. The number of fused-ring (bicyclic) bond motifs is 2. The molecular weight excluding hydrogens is 673 g/mol. The Labute approximate surface area is 284 Å². The first kappa shape index (κ1) is 33.5. The van der Waals surface area contributed by atoms with Crippen LogP contribution in [0.2, 0.25) is 0 Å². The van der Waals surface area contributed by atoms with Crippen LogP contribution in [0.25, 0.3) is 17.0 Å². The number of furan rings is 1. The molecule has 12 heteroatoms. The summed E-state index contributed by atoms with van der Waals surface area (Å²) in [4.78, 5) is 6.11. The van der Waals surface area contributed by atoms with Crippen molar-refractivity contribution in [3.63, 3.8) is 0 Å². The van der Waals surface area contributed by atoms with E-state index >= 15 is 0 Å². The molecule has 2 aromatic heterocycles. The highest BCUT2D eigenvalue weighted by atomic mass is 32.2. The van der Waals surface area contributed by atoms with Gasteiger partial charge in [-0.05, 0) is 116 Å². The molecule has 4 heterocycles. The number of thioether (sulfide) groups is 1. The normalized spacial score (nSPS) is 15.4. The van der Waals surface area contributed by atoms with Gasteiger partial charge in [-0.15, -0.1) is 17.1 Å². The lowest BCUT2D eigenvalue weighted by molar-refractivity contribution is 0.234. The minimum absolute atomic E-state index is 0.000496. The second kappa shape index (κ2) is 14.4. The van der Waals surface area contributed by atoms with Crippen molar-refractivity contribution in [3.05, 3.63) is 110 Å². The van der Waals surface area contributed by atoms with E-state index in [9.17, 15) is 16.8 Å². The fraction of sp³-hybridized carbons (Fsp3) is 0.314. The number of benzene rings is 2. The SMILES string of the molecule is CC1=C=CC(CC(CCCN(Cc2csc(C)n2)S(=O)(=O)c2ccc3occc3c2)CCS(=O)(=O)c2ccc3c(c2)C=COC3)=CS1. The molecule has 246 valence electrons. The molecule has 0 amide bonds. The molecule has 0 radical (unpaired) electrons. The number of hydrogen-bond donors (Lipinski definition) is 0. The van der Waals surface area contributed by atoms with E-state index in [0.29, 0.717) is 48.5 Å². The molecule has 0 saturated carbocycles. The van der Waals surface area contributed by atoms with Crippen molar-refractivity contribution in [3.8, 4) is 0 Å². The van der Waals surface area contributed by atoms with Crippen LogP contribution in [0.3, 0.4) is 0 Å². The highest BCUT2D eigenvalue weighted by molar-refractivity contribution is 8.05. The molecule has 2 aliphatic rings. The smallest absolute Gasteiger partial charge is 0.243 e. The van der Waals surface area contributed by atoms with Crippen LogP contribution in [0.4, 0.5) is 0 Å². The summed E-state index contributed by atoms with van der Waals surface area (Å²) in [6.07, 6.45) is 9.23. The topological polar surface area (TPSA) is 107 Å². The summed E-state index contributed by atoms with van der Waals surface area (Å²) in [6.45, 7) is 4.75. The van der Waals surface area contributed by atoms with Gasteiger partial charge in [0.05, 0.1) is 45.3 Å². The van der Waals surface area contributed by atoms with E-state index < -0.39 is 19.9 Å². The molecule has 0 N–H and O–H groups in total. The van der Waals surface area contributed by atoms with Gasteiger partial charge >= 0.3 is 0 Å². The maximum atomic E-state index is 14.0. The van der Waals surface area contributed by atoms with Gasteiger partial charge in [-0.25, -0.2) is 21.8 Å². The molecule has 1 unspecified atom stereocenters. The lowest BCUT2D eigenvalue weighted by Gasteiger charge is -2.24. The highest BCUT2D eigenvalue weighted by Crippen LogP contribution is 2.31. The summed E-state index contributed by atoms with van der Waals surface area (Å²) >= 11 is 3.10. The first-order valence-corrected chi connectivity index (χ1v) is 20.2. The summed E-state index contributed by atoms with van der Waals surface area (Å²) < 4.78 is 67.3. The maximum Gasteiger partial charge on any atom is 0.243 e. The van der Waals surface area contributed by atoms with Gasteiger partial charge in [0.25, 0.3) is 0 Å². The lowest BCUT2D eigenvalue weighted by Crippen LogP contribution is -2.32. The van der Waals surface area contributed by atoms with Gasteiger partial charge in [-0.2, -0.15) is 4.31 Å². The van der Waals surface area contributed by atoms with Gasteiger partial charge in [0.1, 0.15) is 12.2 Å². The van der Waals surface area contributed by atoms with Crippen LogP contribution in [-0.4, -0.2) is 38.4 Å². The third-order valence-corrected chi connectivity index (χ3v) is 13.6. The number of aryl methyl sites for hydroxylation is 1. The number of nitrogens with zero attached hydrogens (tertiary/aromatic N) is 2. The van der Waals surface area contributed by atoms with Crippen LogP contribution >= 0.6 is 23.1 Å². The fourth-order valence-corrected chi connectivity index (χ4v) is 9.89. The van der Waals surface area contributed by atoms with E-state index in [4.69, 9.17) is 9.15 Å². The zero-order valence-electron chi connectivity index (χ0n) is 26.2. The summed E-state index contributed by atoms with van der Waals surface area (Å²) in [7, 11) is -7.40. The second-order valence-corrected chi connectivity index (χ2v) is 18.0. The fourth-order valence-electron chi connectivity index (χ4n) is 5.72. The van der Waals surface area contributed by atoms with E-state index in [1.807, 2.05) is 31.4 Å². The van der Waals surface area contributed by atoms with Crippen molar-refractivity contribution in [2.75, 3.05) is 12.3 Å². The predicted molar refractivity (Wildman–Crippen MR) is 188 cm³/mol. The molecule has 0 spiro atoms. The Morgan fingerprint density at radius 1 is 1.04 bits per heavy atom. The highest BCUT2D eigenvalue weighted by Gasteiger charge is 2.27. The first-order chi connectivity index (χ1) is 22.6. The zero-order valence-corrected chi connectivity index (χ0v) is 29.5. The molecule has 0 saturated heterocycles. The number of allylic oxidation sites excluding steroid dienone is 2. The van der Waals surface area contributed by atoms with Crippen LogP contribution in [-0.2, 0) is 37.7 Å². The van der Waals surface area contributed by atoms with Crippen LogP contribution in [0.5, 0.6) is 0 Å². The molecular formula is C35H36N2O6S4. The van der Waals surface area contributed by atoms with Crippen molar-refractivity contribution in [1.29, 1.82) is 0 Å². The number of rotatable bonds is 14. The van der Waals surface area contributed by atoms with Gasteiger partial charge in [0, 0.05) is 22.2 Å². The number of ether oxygens (including phenoxy) is 1. The average Bonchev–Trinajstić information content (AvgIpc) is 3.71. The predicted octanol–water partition coefficient (Wildman–Crippen LogP) is 8.23. The molecule has 1 atom stereocenters. The number of hydrogen-bond acceptors (Lipinski definition) is 9. The van der Waals surface area contributed by atoms with E-state index in [0.717, 1.165) is 32.0 Å². The van der Waals surface area contributed by atoms with Crippen LogP contribution < -0.4 is 0 Å². The Kier molecular flexibility index (Phi) is 10.3. The van der Waals surface area contributed by atoms with E-state index in [1.165, 1.54) is 15.6 Å². The standard InChI is InChI=1S/C35H36N2O6S4/c1-25-5-6-28(23-44-25)18-27(13-17-46(38,39)33-8-7-31-22-42-15-11-29(31)19-33)4-3-14-37(21-32-24-45-26(2)36-32)47(40,41)34-9-10-35-30(20-34)12-16-43-35/h6-12,15-16,19-20,23-24,27H,3-4,13-14,17-18,21-22H2,1-2H3. The summed E-state index contributed by atoms with van der Waals surface area (Å²) in [5, 5.41) is 5.58. The second-order valence-electron chi connectivity index (χ2n) is 11.8. The minimum atomic E-state index is -3.86. The van der Waals surface area contributed by atoms with Gasteiger partial charge in [0.2, 0.25) is 10.0 Å². The van der Waals surface area contributed by atoms with Crippen molar-refractivity contribution in [1.82, 2.24) is 9.29 Å². The Balaban J connectivity index is 1.19. The van der Waals surface area contributed by atoms with E-state index in [-0.39, 0.29) is 29.7 Å². The van der Waals surface area contributed by atoms with Gasteiger partial charge in [-0.1, -0.05) is 17.8 Å². The van der Waals surface area contributed by atoms with Crippen molar-refractivity contribution in [2.24, 2.45) is 5.92 Å². The van der Waals surface area contributed by atoms with Crippen molar-refractivity contribution < 1.29 is 26.0 Å². The molecule has 8 nitrogen and oxygen atoms in total. The maximum absolute atomic E-state index is 14.0. The third-order valence-electron chi connectivity index (χ3n) is 8.31. The van der Waals surface area contributed by atoms with Crippen LogP contribution in [0.15, 0.2) is 102 Å². The number of aromatic nitrogens is 1. The molecule has 0 aliphatic carbocycles. The van der Waals surface area contributed by atoms with Crippen LogP contribution in [0, 0.1) is 12.8 Å². The largest absolute Gasteiger partial charge is 0.496 e. The van der Waals surface area contributed by atoms with Crippen LogP contribution in [0.1, 0.15) is 54.4 Å². The van der Waals surface area contributed by atoms with E-state index in [2.05, 4.69) is 16.1 Å². The van der Waals surface area contributed by atoms with Gasteiger partial charge < -0.3 is 9.15 Å². The Bertz CT molecular complexity index is 2120. The number of thiazole rings is 1. The zero-order chi connectivity index (χ0) is 33.0. The van der Waals surface area contributed by atoms with Crippen molar-refractivity contribution in [2.45, 2.75) is 62.5 Å². The Morgan fingerprint density at radius 2 is 1.89 bits per heavy atom. The molecule has 0 fully saturated rings. The minimum Gasteiger partial charge on any atom is -0.496 e.